The van der Waals surface area contributed by atoms with E-state index in [0.717, 1.165) is 13.0 Å². The molecule has 0 radical (unpaired) electrons. The van der Waals surface area contributed by atoms with Gasteiger partial charge in [0.1, 0.15) is 6.10 Å². The van der Waals surface area contributed by atoms with E-state index >= 15 is 0 Å². The first-order valence-corrected chi connectivity index (χ1v) is 7.63. The lowest BCUT2D eigenvalue weighted by Gasteiger charge is -2.33. The normalized spacial score (nSPS) is 20.8. The van der Waals surface area contributed by atoms with Crippen LogP contribution in [0.2, 0.25) is 0 Å². The Morgan fingerprint density at radius 3 is 2.67 bits per heavy atom. The number of hydrogen-bond donors (Lipinski definition) is 2. The van der Waals surface area contributed by atoms with Gasteiger partial charge in [0.25, 0.3) is 5.91 Å². The average Bonchev–Trinajstić information content (AvgIpc) is 2.47. The zero-order valence-corrected chi connectivity index (χ0v) is 13.2. The molecule has 1 aliphatic rings. The first-order valence-electron chi connectivity index (χ1n) is 7.63. The Morgan fingerprint density at radius 1 is 1.38 bits per heavy atom. The molecule has 0 spiro atoms. The average molecular weight is 290 g/mol. The molecule has 2 atom stereocenters. The highest BCUT2D eigenvalue weighted by Crippen LogP contribution is 2.23. The number of amides is 1. The first kappa shape index (κ1) is 16.0. The Bertz CT molecular complexity index is 448. The van der Waals surface area contributed by atoms with E-state index in [-0.39, 0.29) is 23.5 Å². The molecule has 21 heavy (non-hydrogen) atoms. The summed E-state index contributed by atoms with van der Waals surface area (Å²) in [7, 11) is 0. The summed E-state index contributed by atoms with van der Waals surface area (Å²) in [5.74, 6) is -0.0157. The molecule has 0 saturated carbocycles. The van der Waals surface area contributed by atoms with E-state index in [4.69, 9.17) is 4.74 Å². The topological polar surface area (TPSA) is 50.4 Å². The fourth-order valence-electron chi connectivity index (χ4n) is 2.42. The molecular weight excluding hydrogens is 264 g/mol. The molecule has 0 aliphatic carbocycles. The zero-order valence-electron chi connectivity index (χ0n) is 13.2. The van der Waals surface area contributed by atoms with Crippen molar-refractivity contribution in [3.8, 4) is 0 Å². The van der Waals surface area contributed by atoms with Crippen molar-refractivity contribution in [2.45, 2.75) is 39.3 Å². The summed E-state index contributed by atoms with van der Waals surface area (Å²) in [5, 5.41) is 6.36. The van der Waals surface area contributed by atoms with E-state index in [9.17, 15) is 4.79 Å². The van der Waals surface area contributed by atoms with Gasteiger partial charge < -0.3 is 15.4 Å². The van der Waals surface area contributed by atoms with Gasteiger partial charge in [-0.05, 0) is 17.4 Å². The lowest BCUT2D eigenvalue weighted by Crippen LogP contribution is -2.53. The van der Waals surface area contributed by atoms with Gasteiger partial charge in [0.05, 0.1) is 6.61 Å². The van der Waals surface area contributed by atoms with Crippen LogP contribution in [0.1, 0.15) is 26.3 Å². The second-order valence-corrected chi connectivity index (χ2v) is 6.68. The molecule has 1 fully saturated rings. The van der Waals surface area contributed by atoms with E-state index in [1.54, 1.807) is 0 Å². The number of nitrogens with one attached hydrogen (secondary N) is 2. The van der Waals surface area contributed by atoms with Gasteiger partial charge in [0, 0.05) is 19.1 Å². The van der Waals surface area contributed by atoms with Gasteiger partial charge in [0.15, 0.2) is 0 Å². The summed E-state index contributed by atoms with van der Waals surface area (Å²) < 4.78 is 5.53. The second-order valence-electron chi connectivity index (χ2n) is 6.68. The van der Waals surface area contributed by atoms with Crippen LogP contribution < -0.4 is 10.6 Å². The summed E-state index contributed by atoms with van der Waals surface area (Å²) in [4.78, 5) is 12.4. The Balaban J connectivity index is 2.01. The number of carbonyl (C=O) groups is 1. The Labute approximate surface area is 127 Å². The van der Waals surface area contributed by atoms with Crippen LogP contribution in [0.25, 0.3) is 0 Å². The summed E-state index contributed by atoms with van der Waals surface area (Å²) >= 11 is 0. The van der Waals surface area contributed by atoms with Gasteiger partial charge in [-0.15, -0.1) is 0 Å². The molecule has 2 rings (SSSR count). The van der Waals surface area contributed by atoms with Gasteiger partial charge in [-0.25, -0.2) is 0 Å². The third kappa shape index (κ3) is 4.83. The standard InChI is InChI=1S/C17H26N2O2/c1-17(2,3)15(11-13-7-5-4-6-8-13)19-16(20)14-12-18-9-10-21-14/h4-8,14-15,18H,9-12H2,1-3H3,(H,19,20)/t14-,15-/m0/s1. The van der Waals surface area contributed by atoms with Gasteiger partial charge >= 0.3 is 0 Å². The van der Waals surface area contributed by atoms with Crippen LogP contribution in [-0.4, -0.2) is 37.7 Å². The van der Waals surface area contributed by atoms with Crippen molar-refractivity contribution < 1.29 is 9.53 Å². The van der Waals surface area contributed by atoms with Crippen LogP contribution >= 0.6 is 0 Å². The third-order valence-electron chi connectivity index (χ3n) is 3.86. The second kappa shape index (κ2) is 7.05. The molecule has 4 nitrogen and oxygen atoms in total. The van der Waals surface area contributed by atoms with Crippen molar-refractivity contribution in [2.75, 3.05) is 19.7 Å². The number of morpholine rings is 1. The van der Waals surface area contributed by atoms with Crippen molar-refractivity contribution in [2.24, 2.45) is 5.41 Å². The van der Waals surface area contributed by atoms with Crippen molar-refractivity contribution in [3.63, 3.8) is 0 Å². The molecule has 1 amide bonds. The number of benzene rings is 1. The van der Waals surface area contributed by atoms with Crippen LogP contribution in [0.3, 0.4) is 0 Å². The van der Waals surface area contributed by atoms with Crippen LogP contribution in [0, 0.1) is 5.41 Å². The Morgan fingerprint density at radius 2 is 2.10 bits per heavy atom. The number of ether oxygens (including phenoxy) is 1. The van der Waals surface area contributed by atoms with E-state index in [0.29, 0.717) is 13.2 Å². The van der Waals surface area contributed by atoms with Gasteiger partial charge in [-0.2, -0.15) is 0 Å². The molecule has 1 aliphatic heterocycles. The van der Waals surface area contributed by atoms with Crippen molar-refractivity contribution in [1.82, 2.24) is 10.6 Å². The summed E-state index contributed by atoms with van der Waals surface area (Å²) in [6.45, 7) is 8.46. The van der Waals surface area contributed by atoms with Gasteiger partial charge in [-0.1, -0.05) is 51.1 Å². The summed E-state index contributed by atoms with van der Waals surface area (Å²) in [5.41, 5.74) is 1.23. The minimum absolute atomic E-state index is 0.00635. The molecule has 1 aromatic carbocycles. The lowest BCUT2D eigenvalue weighted by molar-refractivity contribution is -0.135. The highest BCUT2D eigenvalue weighted by atomic mass is 16.5. The number of carbonyl (C=O) groups excluding carboxylic acids is 1. The van der Waals surface area contributed by atoms with Gasteiger partial charge in [0.2, 0.25) is 0 Å². The Hall–Kier alpha value is -1.39. The quantitative estimate of drug-likeness (QED) is 0.888. The van der Waals surface area contributed by atoms with E-state index in [1.165, 1.54) is 5.56 Å². The van der Waals surface area contributed by atoms with E-state index in [2.05, 4.69) is 43.5 Å². The summed E-state index contributed by atoms with van der Waals surface area (Å²) in [6.07, 6.45) is 0.454. The van der Waals surface area contributed by atoms with Crippen LogP contribution in [0.15, 0.2) is 30.3 Å². The van der Waals surface area contributed by atoms with Crippen LogP contribution in [0.4, 0.5) is 0 Å². The lowest BCUT2D eigenvalue weighted by atomic mass is 9.83. The maximum Gasteiger partial charge on any atom is 0.250 e. The van der Waals surface area contributed by atoms with Gasteiger partial charge in [-0.3, -0.25) is 4.79 Å². The zero-order chi connectivity index (χ0) is 15.3. The van der Waals surface area contributed by atoms with Crippen molar-refractivity contribution >= 4 is 5.91 Å². The largest absolute Gasteiger partial charge is 0.366 e. The third-order valence-corrected chi connectivity index (χ3v) is 3.86. The SMILES string of the molecule is CC(C)(C)[C@H](Cc1ccccc1)NC(=O)[C@@H]1CNCCO1. The molecule has 0 bridgehead atoms. The molecule has 1 saturated heterocycles. The van der Waals surface area contributed by atoms with Crippen molar-refractivity contribution in [1.29, 1.82) is 0 Å². The maximum atomic E-state index is 12.4. The fourth-order valence-corrected chi connectivity index (χ4v) is 2.42. The predicted molar refractivity (Wildman–Crippen MR) is 84.1 cm³/mol. The summed E-state index contributed by atoms with van der Waals surface area (Å²) in [6, 6.07) is 10.4. The molecule has 2 N–H and O–H groups in total. The molecule has 1 aromatic rings. The fraction of sp³-hybridized carbons (Fsp3) is 0.588. The highest BCUT2D eigenvalue weighted by Gasteiger charge is 2.30. The van der Waals surface area contributed by atoms with E-state index < -0.39 is 0 Å². The maximum absolute atomic E-state index is 12.4. The van der Waals surface area contributed by atoms with Crippen molar-refractivity contribution in [3.05, 3.63) is 35.9 Å². The molecule has 116 valence electrons. The predicted octanol–water partition coefficient (Wildman–Crippen LogP) is 1.75. The number of hydrogen-bond acceptors (Lipinski definition) is 3. The minimum Gasteiger partial charge on any atom is -0.366 e. The minimum atomic E-state index is -0.376. The van der Waals surface area contributed by atoms with Crippen LogP contribution in [0.5, 0.6) is 0 Å². The number of rotatable bonds is 4. The molecule has 4 heteroatoms. The smallest absolute Gasteiger partial charge is 0.250 e. The molecule has 1 heterocycles. The first-order chi connectivity index (χ1) is 9.97. The molecule has 0 unspecified atom stereocenters. The van der Waals surface area contributed by atoms with E-state index in [1.807, 2.05) is 18.2 Å². The van der Waals surface area contributed by atoms with Crippen LogP contribution in [-0.2, 0) is 16.0 Å². The Kier molecular flexibility index (Phi) is 5.37. The molecular formula is C17H26N2O2. The molecule has 0 aromatic heterocycles. The highest BCUT2D eigenvalue weighted by molar-refractivity contribution is 5.81. The monoisotopic (exact) mass is 290 g/mol.